The zero-order chi connectivity index (χ0) is 21.3. The molecule has 0 amide bonds. The Bertz CT molecular complexity index is 838. The van der Waals surface area contributed by atoms with E-state index in [1.54, 1.807) is 6.07 Å². The lowest BCUT2D eigenvalue weighted by molar-refractivity contribution is 0.210. The van der Waals surface area contributed by atoms with E-state index in [0.29, 0.717) is 37.6 Å². The number of H-pyrrole nitrogens is 1. The topological polar surface area (TPSA) is 88.7 Å². The van der Waals surface area contributed by atoms with Crippen LogP contribution in [0.5, 0.6) is 17.4 Å². The van der Waals surface area contributed by atoms with E-state index in [0.717, 1.165) is 44.0 Å². The summed E-state index contributed by atoms with van der Waals surface area (Å²) in [5, 5.41) is 3.41. The van der Waals surface area contributed by atoms with Crippen molar-refractivity contribution < 1.29 is 14.2 Å². The van der Waals surface area contributed by atoms with Crippen LogP contribution in [0.1, 0.15) is 39.2 Å². The third-order valence-electron chi connectivity index (χ3n) is 4.93. The first-order chi connectivity index (χ1) is 14.6. The number of aromatic amines is 1. The lowest BCUT2D eigenvalue weighted by atomic mass is 10.0. The van der Waals surface area contributed by atoms with Gasteiger partial charge in [0.1, 0.15) is 17.3 Å². The Kier molecular flexibility index (Phi) is 7.96. The summed E-state index contributed by atoms with van der Waals surface area (Å²) in [4.78, 5) is 20.7. The first kappa shape index (κ1) is 22.0. The maximum atomic E-state index is 11.7. The van der Waals surface area contributed by atoms with E-state index >= 15 is 0 Å². The fraction of sp³-hybridized carbons (Fsp3) is 0.545. The quantitative estimate of drug-likeness (QED) is 0.615. The molecule has 2 aromatic rings. The number of piperidine rings is 1. The molecule has 164 valence electrons. The lowest BCUT2D eigenvalue weighted by Crippen LogP contribution is -2.39. The molecular formula is C22H32N4O4. The van der Waals surface area contributed by atoms with Gasteiger partial charge in [-0.25, -0.2) is 4.79 Å². The molecule has 0 spiro atoms. The molecule has 0 atom stereocenters. The second kappa shape index (κ2) is 10.9. The summed E-state index contributed by atoms with van der Waals surface area (Å²) in [7, 11) is 0. The van der Waals surface area contributed by atoms with E-state index in [2.05, 4.69) is 32.3 Å². The van der Waals surface area contributed by atoms with Gasteiger partial charge in [-0.15, -0.1) is 0 Å². The number of hydrogen-bond acceptors (Lipinski definition) is 7. The Hall–Kier alpha value is -2.74. The number of likely N-dealkylation sites (tertiary alicyclic amines) is 1. The van der Waals surface area contributed by atoms with Gasteiger partial charge in [0.2, 0.25) is 5.88 Å². The molecule has 1 aliphatic heterocycles. The standard InChI is InChI=1S/C22H32N4O4/c1-4-28-18-11-16(12-19(13-18)29-5-2)15-26-9-7-17(8-10-26)23-20-14-21(30-6-3)25-22(27)24-20/h11-14,17H,4-10,15H2,1-3H3,(H2,23,24,25,27). The van der Waals surface area contributed by atoms with E-state index in [1.165, 1.54) is 5.56 Å². The Labute approximate surface area is 177 Å². The molecule has 1 aromatic carbocycles. The van der Waals surface area contributed by atoms with Crippen LogP contribution in [0.3, 0.4) is 0 Å². The van der Waals surface area contributed by atoms with Crippen molar-refractivity contribution in [3.05, 3.63) is 40.3 Å². The van der Waals surface area contributed by atoms with E-state index in [9.17, 15) is 4.79 Å². The number of benzene rings is 1. The number of ether oxygens (including phenoxy) is 3. The molecule has 30 heavy (non-hydrogen) atoms. The molecule has 1 aliphatic rings. The number of hydrogen-bond donors (Lipinski definition) is 2. The van der Waals surface area contributed by atoms with Crippen molar-refractivity contribution in [3.8, 4) is 17.4 Å². The van der Waals surface area contributed by atoms with Crippen LogP contribution in [0.25, 0.3) is 0 Å². The molecule has 2 N–H and O–H groups in total. The summed E-state index contributed by atoms with van der Waals surface area (Å²) < 4.78 is 16.7. The van der Waals surface area contributed by atoms with Gasteiger partial charge in [-0.2, -0.15) is 4.98 Å². The summed E-state index contributed by atoms with van der Waals surface area (Å²) in [5.74, 6) is 2.70. The summed E-state index contributed by atoms with van der Waals surface area (Å²) >= 11 is 0. The third kappa shape index (κ3) is 6.38. The van der Waals surface area contributed by atoms with Crippen molar-refractivity contribution in [2.24, 2.45) is 0 Å². The van der Waals surface area contributed by atoms with Crippen molar-refractivity contribution in [1.82, 2.24) is 14.9 Å². The number of nitrogens with zero attached hydrogens (tertiary/aromatic N) is 2. The number of nitrogens with one attached hydrogen (secondary N) is 2. The van der Waals surface area contributed by atoms with Crippen molar-refractivity contribution in [2.75, 3.05) is 38.2 Å². The SMILES string of the molecule is CCOc1cc(CN2CCC(Nc3cc(OCC)nc(=O)[nH]3)CC2)cc(OCC)c1. The van der Waals surface area contributed by atoms with E-state index in [4.69, 9.17) is 14.2 Å². The lowest BCUT2D eigenvalue weighted by Gasteiger charge is -2.32. The minimum Gasteiger partial charge on any atom is -0.494 e. The molecule has 2 heterocycles. The molecule has 0 unspecified atom stereocenters. The molecule has 8 heteroatoms. The molecule has 0 saturated carbocycles. The van der Waals surface area contributed by atoms with Crippen LogP contribution in [0, 0.1) is 0 Å². The molecular weight excluding hydrogens is 384 g/mol. The van der Waals surface area contributed by atoms with Gasteiger partial charge in [-0.3, -0.25) is 9.88 Å². The highest BCUT2D eigenvalue weighted by Crippen LogP contribution is 2.25. The number of aromatic nitrogens is 2. The van der Waals surface area contributed by atoms with Crippen LogP contribution < -0.4 is 25.2 Å². The third-order valence-corrected chi connectivity index (χ3v) is 4.93. The van der Waals surface area contributed by atoms with Gasteiger partial charge in [0.05, 0.1) is 19.8 Å². The molecule has 0 bridgehead atoms. The monoisotopic (exact) mass is 416 g/mol. The highest BCUT2D eigenvalue weighted by Gasteiger charge is 2.20. The van der Waals surface area contributed by atoms with Crippen molar-refractivity contribution in [1.29, 1.82) is 0 Å². The summed E-state index contributed by atoms with van der Waals surface area (Å²) in [6, 6.07) is 8.16. The van der Waals surface area contributed by atoms with Crippen LogP contribution in [0.4, 0.5) is 5.82 Å². The Morgan fingerprint density at radius 3 is 2.23 bits per heavy atom. The fourth-order valence-corrected chi connectivity index (χ4v) is 3.67. The highest BCUT2D eigenvalue weighted by atomic mass is 16.5. The molecule has 0 aliphatic carbocycles. The van der Waals surface area contributed by atoms with Crippen LogP contribution in [0.15, 0.2) is 29.1 Å². The van der Waals surface area contributed by atoms with E-state index in [-0.39, 0.29) is 0 Å². The zero-order valence-corrected chi connectivity index (χ0v) is 18.1. The largest absolute Gasteiger partial charge is 0.494 e. The molecule has 0 radical (unpaired) electrons. The molecule has 8 nitrogen and oxygen atoms in total. The summed E-state index contributed by atoms with van der Waals surface area (Å²) in [6.45, 7) is 10.4. The Morgan fingerprint density at radius 2 is 1.63 bits per heavy atom. The molecule has 3 rings (SSSR count). The van der Waals surface area contributed by atoms with Crippen LogP contribution in [-0.2, 0) is 6.54 Å². The molecule has 1 aromatic heterocycles. The average molecular weight is 417 g/mol. The van der Waals surface area contributed by atoms with Gasteiger partial charge in [0, 0.05) is 37.8 Å². The van der Waals surface area contributed by atoms with Crippen molar-refractivity contribution >= 4 is 5.82 Å². The van der Waals surface area contributed by atoms with Gasteiger partial charge < -0.3 is 19.5 Å². The van der Waals surface area contributed by atoms with Gasteiger partial charge in [0.25, 0.3) is 0 Å². The summed E-state index contributed by atoms with van der Waals surface area (Å²) in [6.07, 6.45) is 1.97. The normalized spacial score (nSPS) is 15.0. The molecule has 1 fully saturated rings. The van der Waals surface area contributed by atoms with Crippen LogP contribution in [-0.4, -0.2) is 53.8 Å². The van der Waals surface area contributed by atoms with Gasteiger partial charge in [-0.05, 0) is 51.3 Å². The number of anilines is 1. The highest BCUT2D eigenvalue weighted by molar-refractivity contribution is 5.39. The minimum absolute atomic E-state index is 0.294. The first-order valence-electron chi connectivity index (χ1n) is 10.7. The minimum atomic E-state index is -0.403. The van der Waals surface area contributed by atoms with Gasteiger partial charge >= 0.3 is 5.69 Å². The maximum Gasteiger partial charge on any atom is 0.349 e. The Balaban J connectivity index is 1.56. The first-order valence-corrected chi connectivity index (χ1v) is 10.7. The van der Waals surface area contributed by atoms with Gasteiger partial charge in [0.15, 0.2) is 0 Å². The predicted octanol–water partition coefficient (Wildman–Crippen LogP) is 3.04. The van der Waals surface area contributed by atoms with Crippen molar-refractivity contribution in [2.45, 2.75) is 46.2 Å². The molecule has 1 saturated heterocycles. The Morgan fingerprint density at radius 1 is 1.00 bits per heavy atom. The second-order valence-electron chi connectivity index (χ2n) is 7.24. The van der Waals surface area contributed by atoms with Crippen molar-refractivity contribution in [3.63, 3.8) is 0 Å². The maximum absolute atomic E-state index is 11.7. The van der Waals surface area contributed by atoms with Gasteiger partial charge in [-0.1, -0.05) is 0 Å². The van der Waals surface area contributed by atoms with Crippen LogP contribution in [0.2, 0.25) is 0 Å². The van der Waals surface area contributed by atoms with E-state index < -0.39 is 5.69 Å². The number of rotatable bonds is 10. The van der Waals surface area contributed by atoms with E-state index in [1.807, 2.05) is 26.8 Å². The zero-order valence-electron chi connectivity index (χ0n) is 18.1. The fourth-order valence-electron chi connectivity index (χ4n) is 3.67. The average Bonchev–Trinajstić information content (AvgIpc) is 2.70. The second-order valence-corrected chi connectivity index (χ2v) is 7.24. The summed E-state index contributed by atoms with van der Waals surface area (Å²) in [5.41, 5.74) is 0.788. The smallest absolute Gasteiger partial charge is 0.349 e. The van der Waals surface area contributed by atoms with Crippen LogP contribution >= 0.6 is 0 Å². The predicted molar refractivity (Wildman–Crippen MR) is 117 cm³/mol.